The van der Waals surface area contributed by atoms with E-state index >= 15 is 0 Å². The molecule has 1 aromatic heterocycles. The number of aromatic nitrogens is 2. The lowest BCUT2D eigenvalue weighted by molar-refractivity contribution is -0.129. The van der Waals surface area contributed by atoms with Crippen LogP contribution < -0.4 is 4.90 Å². The number of carbonyl (C=O) groups is 1. The summed E-state index contributed by atoms with van der Waals surface area (Å²) in [4.78, 5) is 25.6. The van der Waals surface area contributed by atoms with Crippen molar-refractivity contribution in [1.29, 1.82) is 0 Å². The zero-order valence-electron chi connectivity index (χ0n) is 17.2. The number of rotatable bonds is 8. The van der Waals surface area contributed by atoms with E-state index in [0.29, 0.717) is 22.0 Å². The van der Waals surface area contributed by atoms with Gasteiger partial charge in [0.25, 0.3) is 0 Å². The van der Waals surface area contributed by atoms with Crippen LogP contribution in [-0.2, 0) is 11.2 Å². The third-order valence-corrected chi connectivity index (χ3v) is 6.43. The van der Waals surface area contributed by atoms with Gasteiger partial charge in [0.05, 0.1) is 5.75 Å². The third kappa shape index (κ3) is 6.34. The number of halogens is 1. The molecule has 0 aliphatic carbocycles. The predicted octanol–water partition coefficient (Wildman–Crippen LogP) is 4.55. The van der Waals surface area contributed by atoms with E-state index in [9.17, 15) is 4.79 Å². The lowest BCUT2D eigenvalue weighted by Gasteiger charge is -2.32. The third-order valence-electron chi connectivity index (χ3n) is 5.41. The number of amides is 1. The molecule has 2 heterocycles. The van der Waals surface area contributed by atoms with Crippen molar-refractivity contribution < 1.29 is 4.79 Å². The Morgan fingerprint density at radius 2 is 1.86 bits per heavy atom. The van der Waals surface area contributed by atoms with Crippen molar-refractivity contribution in [2.24, 2.45) is 5.92 Å². The van der Waals surface area contributed by atoms with E-state index in [0.717, 1.165) is 51.3 Å². The lowest BCUT2D eigenvalue weighted by atomic mass is 9.90. The molecule has 0 bridgehead atoms. The van der Waals surface area contributed by atoms with Gasteiger partial charge in [-0.1, -0.05) is 53.7 Å². The Labute approximate surface area is 182 Å². The van der Waals surface area contributed by atoms with Crippen LogP contribution >= 0.6 is 23.4 Å². The molecule has 0 N–H and O–H groups in total. The molecule has 156 valence electrons. The Morgan fingerprint density at radius 1 is 1.17 bits per heavy atom. The molecular weight excluding hydrogens is 404 g/mol. The van der Waals surface area contributed by atoms with E-state index < -0.39 is 0 Å². The zero-order valence-corrected chi connectivity index (χ0v) is 18.8. The Hall–Kier alpha value is -1.79. The van der Waals surface area contributed by atoms with Crippen LogP contribution in [0, 0.1) is 5.92 Å². The van der Waals surface area contributed by atoms with Gasteiger partial charge in [-0.3, -0.25) is 4.79 Å². The van der Waals surface area contributed by atoms with E-state index in [2.05, 4.69) is 59.0 Å². The SMILES string of the molecule is CCN(CC)c1cc(Cl)nc(SCC(=O)N2CCC(Cc3ccccc3)CC2)n1. The Bertz CT molecular complexity index is 793. The van der Waals surface area contributed by atoms with Crippen LogP contribution in [0.15, 0.2) is 41.6 Å². The van der Waals surface area contributed by atoms with Crippen LogP contribution in [0.1, 0.15) is 32.3 Å². The average Bonchev–Trinajstić information content (AvgIpc) is 2.74. The molecule has 1 aromatic carbocycles. The summed E-state index contributed by atoms with van der Waals surface area (Å²) >= 11 is 7.54. The number of hydrogen-bond acceptors (Lipinski definition) is 5. The number of benzene rings is 1. The second-order valence-corrected chi connectivity index (χ2v) is 8.64. The summed E-state index contributed by atoms with van der Waals surface area (Å²) in [6.45, 7) is 7.53. The maximum atomic E-state index is 12.7. The van der Waals surface area contributed by atoms with Gasteiger partial charge in [-0.25, -0.2) is 9.97 Å². The van der Waals surface area contributed by atoms with E-state index in [1.165, 1.54) is 17.3 Å². The fourth-order valence-electron chi connectivity index (χ4n) is 3.71. The van der Waals surface area contributed by atoms with Gasteiger partial charge in [-0.2, -0.15) is 0 Å². The highest BCUT2D eigenvalue weighted by molar-refractivity contribution is 7.99. The van der Waals surface area contributed by atoms with Crippen molar-refractivity contribution in [2.45, 2.75) is 38.3 Å². The fourth-order valence-corrected chi connectivity index (χ4v) is 4.69. The molecule has 0 unspecified atom stereocenters. The van der Waals surface area contributed by atoms with Crippen LogP contribution in [0.2, 0.25) is 5.15 Å². The van der Waals surface area contributed by atoms with E-state index in [1.54, 1.807) is 6.07 Å². The minimum Gasteiger partial charge on any atom is -0.357 e. The highest BCUT2D eigenvalue weighted by Gasteiger charge is 2.23. The van der Waals surface area contributed by atoms with Gasteiger partial charge in [0.2, 0.25) is 5.91 Å². The van der Waals surface area contributed by atoms with E-state index in [-0.39, 0.29) is 5.91 Å². The number of piperidine rings is 1. The first-order valence-electron chi connectivity index (χ1n) is 10.3. The molecule has 1 aliphatic rings. The molecule has 1 aliphatic heterocycles. The monoisotopic (exact) mass is 432 g/mol. The van der Waals surface area contributed by atoms with Crippen LogP contribution in [0.25, 0.3) is 0 Å². The quantitative estimate of drug-likeness (QED) is 0.348. The Kier molecular flexibility index (Phi) is 8.19. The van der Waals surface area contributed by atoms with Crippen LogP contribution in [0.4, 0.5) is 5.82 Å². The molecule has 7 heteroatoms. The molecule has 29 heavy (non-hydrogen) atoms. The van der Waals surface area contributed by atoms with Gasteiger partial charge in [0, 0.05) is 32.2 Å². The number of hydrogen-bond donors (Lipinski definition) is 0. The average molecular weight is 433 g/mol. The Morgan fingerprint density at radius 3 is 2.52 bits per heavy atom. The molecule has 0 radical (unpaired) electrons. The summed E-state index contributed by atoms with van der Waals surface area (Å²) in [7, 11) is 0. The number of nitrogens with zero attached hydrogens (tertiary/aromatic N) is 4. The van der Waals surface area contributed by atoms with Crippen molar-refractivity contribution in [3.8, 4) is 0 Å². The lowest BCUT2D eigenvalue weighted by Crippen LogP contribution is -2.39. The molecule has 3 rings (SSSR count). The standard InChI is InChI=1S/C22H29ClN4OS/c1-3-26(4-2)20-15-19(23)24-22(25-20)29-16-21(28)27-12-10-18(11-13-27)14-17-8-6-5-7-9-17/h5-9,15,18H,3-4,10-14,16H2,1-2H3. The van der Waals surface area contributed by atoms with Crippen molar-refractivity contribution >= 4 is 35.1 Å². The topological polar surface area (TPSA) is 49.3 Å². The van der Waals surface area contributed by atoms with E-state index in [1.807, 2.05) is 4.90 Å². The van der Waals surface area contributed by atoms with Gasteiger partial charge in [-0.05, 0) is 44.6 Å². The molecule has 1 amide bonds. The summed E-state index contributed by atoms with van der Waals surface area (Å²) in [6, 6.07) is 12.4. The first kappa shape index (κ1) is 21.9. The number of likely N-dealkylation sites (tertiary alicyclic amines) is 1. The summed E-state index contributed by atoms with van der Waals surface area (Å²) in [5, 5.41) is 0.977. The van der Waals surface area contributed by atoms with Gasteiger partial charge >= 0.3 is 0 Å². The minimum atomic E-state index is 0.154. The van der Waals surface area contributed by atoms with Crippen molar-refractivity contribution in [1.82, 2.24) is 14.9 Å². The zero-order chi connectivity index (χ0) is 20.6. The molecule has 5 nitrogen and oxygen atoms in total. The summed E-state index contributed by atoms with van der Waals surface area (Å²) in [5.74, 6) is 1.97. The van der Waals surface area contributed by atoms with Gasteiger partial charge in [0.15, 0.2) is 5.16 Å². The van der Waals surface area contributed by atoms with Crippen LogP contribution in [0.3, 0.4) is 0 Å². The van der Waals surface area contributed by atoms with Crippen molar-refractivity contribution in [3.05, 3.63) is 47.1 Å². The van der Waals surface area contributed by atoms with Gasteiger partial charge in [0.1, 0.15) is 11.0 Å². The number of carbonyl (C=O) groups excluding carboxylic acids is 1. The Balaban J connectivity index is 1.49. The molecular formula is C22H29ClN4OS. The molecule has 2 aromatic rings. The summed E-state index contributed by atoms with van der Waals surface area (Å²) in [5.41, 5.74) is 1.38. The molecule has 1 fully saturated rings. The number of thioether (sulfide) groups is 1. The molecule has 0 atom stereocenters. The fraction of sp³-hybridized carbons (Fsp3) is 0.500. The predicted molar refractivity (Wildman–Crippen MR) is 121 cm³/mol. The first-order chi connectivity index (χ1) is 14.1. The normalized spacial score (nSPS) is 14.8. The summed E-state index contributed by atoms with van der Waals surface area (Å²) in [6.07, 6.45) is 3.22. The second-order valence-electron chi connectivity index (χ2n) is 7.31. The summed E-state index contributed by atoms with van der Waals surface area (Å²) < 4.78 is 0. The maximum absolute atomic E-state index is 12.7. The number of anilines is 1. The first-order valence-corrected chi connectivity index (χ1v) is 11.7. The molecule has 1 saturated heterocycles. The highest BCUT2D eigenvalue weighted by Crippen LogP contribution is 2.24. The van der Waals surface area contributed by atoms with Crippen molar-refractivity contribution in [3.63, 3.8) is 0 Å². The van der Waals surface area contributed by atoms with E-state index in [4.69, 9.17) is 11.6 Å². The molecule has 0 saturated carbocycles. The van der Waals surface area contributed by atoms with Gasteiger partial charge < -0.3 is 9.80 Å². The van der Waals surface area contributed by atoms with Gasteiger partial charge in [-0.15, -0.1) is 0 Å². The largest absolute Gasteiger partial charge is 0.357 e. The smallest absolute Gasteiger partial charge is 0.233 e. The highest BCUT2D eigenvalue weighted by atomic mass is 35.5. The maximum Gasteiger partial charge on any atom is 0.233 e. The second kappa shape index (κ2) is 10.8. The van der Waals surface area contributed by atoms with Crippen LogP contribution in [0.5, 0.6) is 0 Å². The minimum absolute atomic E-state index is 0.154. The van der Waals surface area contributed by atoms with Crippen LogP contribution in [-0.4, -0.2) is 52.7 Å². The van der Waals surface area contributed by atoms with Crippen molar-refractivity contribution in [2.75, 3.05) is 36.8 Å². The molecule has 0 spiro atoms.